The van der Waals surface area contributed by atoms with Gasteiger partial charge in [-0.15, -0.1) is 0 Å². The SMILES string of the molecule is CCCCn1c(SCC(=O)NCC(C)C)nc2ccccc2c1=O. The van der Waals surface area contributed by atoms with E-state index < -0.39 is 0 Å². The number of fused-ring (bicyclic) bond motifs is 1. The van der Waals surface area contributed by atoms with Gasteiger partial charge in [-0.25, -0.2) is 4.98 Å². The number of hydrogen-bond acceptors (Lipinski definition) is 4. The largest absolute Gasteiger partial charge is 0.355 e. The fourth-order valence-corrected chi connectivity index (χ4v) is 3.13. The lowest BCUT2D eigenvalue weighted by atomic mass is 10.2. The molecule has 0 saturated carbocycles. The summed E-state index contributed by atoms with van der Waals surface area (Å²) in [5.41, 5.74) is 0.652. The molecule has 130 valence electrons. The Kier molecular flexibility index (Phi) is 6.85. The van der Waals surface area contributed by atoms with Crippen LogP contribution in [-0.2, 0) is 11.3 Å². The molecule has 1 N–H and O–H groups in total. The summed E-state index contributed by atoms with van der Waals surface area (Å²) in [7, 11) is 0. The molecular formula is C18H25N3O2S. The molecule has 2 aromatic rings. The Morgan fingerprint density at radius 3 is 2.79 bits per heavy atom. The first-order valence-corrected chi connectivity index (χ1v) is 9.40. The van der Waals surface area contributed by atoms with Crippen molar-refractivity contribution in [2.75, 3.05) is 12.3 Å². The van der Waals surface area contributed by atoms with Crippen LogP contribution in [0.25, 0.3) is 10.9 Å². The third-order valence-corrected chi connectivity index (χ3v) is 4.58. The normalized spacial score (nSPS) is 11.2. The molecule has 2 rings (SSSR count). The van der Waals surface area contributed by atoms with E-state index in [-0.39, 0.29) is 17.2 Å². The van der Waals surface area contributed by atoms with Crippen LogP contribution in [0.5, 0.6) is 0 Å². The zero-order chi connectivity index (χ0) is 17.5. The standard InChI is InChI=1S/C18H25N3O2S/c1-4-5-10-21-17(23)14-8-6-7-9-15(14)20-18(21)24-12-16(22)19-11-13(2)3/h6-9,13H,4-5,10-12H2,1-3H3,(H,19,22). The minimum atomic E-state index is -0.0295. The minimum Gasteiger partial charge on any atom is -0.355 e. The fourth-order valence-electron chi connectivity index (χ4n) is 2.27. The number of carbonyl (C=O) groups is 1. The molecule has 0 aliphatic rings. The predicted molar refractivity (Wildman–Crippen MR) is 99.5 cm³/mol. The lowest BCUT2D eigenvalue weighted by Crippen LogP contribution is -2.29. The van der Waals surface area contributed by atoms with Gasteiger partial charge in [-0.05, 0) is 24.5 Å². The van der Waals surface area contributed by atoms with E-state index in [4.69, 9.17) is 0 Å². The Bertz CT molecular complexity index is 756. The van der Waals surface area contributed by atoms with Crippen LogP contribution in [0.3, 0.4) is 0 Å². The smallest absolute Gasteiger partial charge is 0.262 e. The number of nitrogens with zero attached hydrogens (tertiary/aromatic N) is 2. The highest BCUT2D eigenvalue weighted by molar-refractivity contribution is 7.99. The highest BCUT2D eigenvalue weighted by Crippen LogP contribution is 2.18. The maximum atomic E-state index is 12.7. The van der Waals surface area contributed by atoms with Gasteiger partial charge in [-0.1, -0.05) is 51.1 Å². The summed E-state index contributed by atoms with van der Waals surface area (Å²) < 4.78 is 1.70. The first-order valence-electron chi connectivity index (χ1n) is 8.42. The number of hydrogen-bond donors (Lipinski definition) is 1. The lowest BCUT2D eigenvalue weighted by molar-refractivity contribution is -0.118. The van der Waals surface area contributed by atoms with Crippen LogP contribution in [0.2, 0.25) is 0 Å². The molecule has 6 heteroatoms. The lowest BCUT2D eigenvalue weighted by Gasteiger charge is -2.13. The maximum Gasteiger partial charge on any atom is 0.262 e. The van der Waals surface area contributed by atoms with Gasteiger partial charge in [-0.3, -0.25) is 14.2 Å². The van der Waals surface area contributed by atoms with Crippen LogP contribution in [-0.4, -0.2) is 27.8 Å². The summed E-state index contributed by atoms with van der Waals surface area (Å²) in [5, 5.41) is 4.14. The molecule has 5 nitrogen and oxygen atoms in total. The van der Waals surface area contributed by atoms with Gasteiger partial charge >= 0.3 is 0 Å². The first kappa shape index (κ1) is 18.5. The molecule has 1 heterocycles. The zero-order valence-electron chi connectivity index (χ0n) is 14.5. The van der Waals surface area contributed by atoms with Crippen LogP contribution in [0.15, 0.2) is 34.2 Å². The van der Waals surface area contributed by atoms with Gasteiger partial charge in [0.05, 0.1) is 16.7 Å². The van der Waals surface area contributed by atoms with E-state index in [2.05, 4.69) is 31.1 Å². The second kappa shape index (κ2) is 8.87. The Balaban J connectivity index is 2.23. The summed E-state index contributed by atoms with van der Waals surface area (Å²) in [6.07, 6.45) is 1.91. The average molecular weight is 347 g/mol. The van der Waals surface area contributed by atoms with Crippen LogP contribution in [0, 0.1) is 5.92 Å². The molecule has 0 spiro atoms. The van der Waals surface area contributed by atoms with E-state index in [1.54, 1.807) is 10.6 Å². The number of carbonyl (C=O) groups excluding carboxylic acids is 1. The van der Waals surface area contributed by atoms with Crippen molar-refractivity contribution in [3.63, 3.8) is 0 Å². The Morgan fingerprint density at radius 2 is 2.08 bits per heavy atom. The van der Waals surface area contributed by atoms with Gasteiger partial charge in [0, 0.05) is 13.1 Å². The predicted octanol–water partition coefficient (Wildman–Crippen LogP) is 3.06. The molecule has 0 bridgehead atoms. The summed E-state index contributed by atoms with van der Waals surface area (Å²) >= 11 is 1.33. The third-order valence-electron chi connectivity index (χ3n) is 3.60. The van der Waals surface area contributed by atoms with Gasteiger partial charge in [0.2, 0.25) is 5.91 Å². The van der Waals surface area contributed by atoms with E-state index in [0.717, 1.165) is 12.8 Å². The average Bonchev–Trinajstić information content (AvgIpc) is 2.57. The molecular weight excluding hydrogens is 322 g/mol. The molecule has 1 aromatic heterocycles. The van der Waals surface area contributed by atoms with Crippen molar-refractivity contribution in [3.8, 4) is 0 Å². The van der Waals surface area contributed by atoms with Crippen molar-refractivity contribution >= 4 is 28.6 Å². The molecule has 0 aliphatic carbocycles. The number of amides is 1. The summed E-state index contributed by atoms with van der Waals surface area (Å²) in [6, 6.07) is 7.36. The van der Waals surface area contributed by atoms with E-state index in [9.17, 15) is 9.59 Å². The van der Waals surface area contributed by atoms with Gasteiger partial charge in [0.15, 0.2) is 5.16 Å². The van der Waals surface area contributed by atoms with Gasteiger partial charge in [-0.2, -0.15) is 0 Å². The first-order chi connectivity index (χ1) is 11.5. The molecule has 1 aromatic carbocycles. The topological polar surface area (TPSA) is 64.0 Å². The van der Waals surface area contributed by atoms with E-state index in [1.807, 2.05) is 18.2 Å². The second-order valence-electron chi connectivity index (χ2n) is 6.21. The molecule has 0 radical (unpaired) electrons. The number of benzene rings is 1. The van der Waals surface area contributed by atoms with Crippen LogP contribution < -0.4 is 10.9 Å². The number of aromatic nitrogens is 2. The highest BCUT2D eigenvalue weighted by Gasteiger charge is 2.13. The van der Waals surface area contributed by atoms with E-state index >= 15 is 0 Å². The number of nitrogens with one attached hydrogen (secondary N) is 1. The van der Waals surface area contributed by atoms with Crippen molar-refractivity contribution in [1.29, 1.82) is 0 Å². The Hall–Kier alpha value is -1.82. The van der Waals surface area contributed by atoms with Crippen molar-refractivity contribution in [2.45, 2.75) is 45.3 Å². The molecule has 24 heavy (non-hydrogen) atoms. The maximum absolute atomic E-state index is 12.7. The van der Waals surface area contributed by atoms with Crippen LogP contribution >= 0.6 is 11.8 Å². The number of unbranched alkanes of at least 4 members (excludes halogenated alkanes) is 1. The second-order valence-corrected chi connectivity index (χ2v) is 7.15. The van der Waals surface area contributed by atoms with Crippen molar-refractivity contribution in [1.82, 2.24) is 14.9 Å². The van der Waals surface area contributed by atoms with Crippen molar-refractivity contribution in [2.24, 2.45) is 5.92 Å². The third kappa shape index (κ3) is 4.84. The van der Waals surface area contributed by atoms with Crippen molar-refractivity contribution < 1.29 is 4.79 Å². The number of thioether (sulfide) groups is 1. The quantitative estimate of drug-likeness (QED) is 0.589. The molecule has 0 saturated heterocycles. The monoisotopic (exact) mass is 347 g/mol. The van der Waals surface area contributed by atoms with Gasteiger partial charge in [0.25, 0.3) is 5.56 Å². The van der Waals surface area contributed by atoms with Gasteiger partial charge < -0.3 is 5.32 Å². The Labute approximate surface area is 146 Å². The van der Waals surface area contributed by atoms with Crippen LogP contribution in [0.4, 0.5) is 0 Å². The molecule has 0 unspecified atom stereocenters. The minimum absolute atomic E-state index is 0.0286. The summed E-state index contributed by atoms with van der Waals surface area (Å²) in [5.74, 6) is 0.655. The highest BCUT2D eigenvalue weighted by atomic mass is 32.2. The van der Waals surface area contributed by atoms with Crippen LogP contribution in [0.1, 0.15) is 33.6 Å². The molecule has 0 aliphatic heterocycles. The summed E-state index contributed by atoms with van der Waals surface area (Å²) in [6.45, 7) is 7.49. The summed E-state index contributed by atoms with van der Waals surface area (Å²) in [4.78, 5) is 29.3. The molecule has 0 fully saturated rings. The van der Waals surface area contributed by atoms with E-state index in [0.29, 0.717) is 35.1 Å². The molecule has 0 atom stereocenters. The van der Waals surface area contributed by atoms with E-state index in [1.165, 1.54) is 11.8 Å². The van der Waals surface area contributed by atoms with Crippen molar-refractivity contribution in [3.05, 3.63) is 34.6 Å². The Morgan fingerprint density at radius 1 is 1.33 bits per heavy atom. The van der Waals surface area contributed by atoms with Gasteiger partial charge in [0.1, 0.15) is 0 Å². The molecule has 1 amide bonds. The fraction of sp³-hybridized carbons (Fsp3) is 0.500. The number of para-hydroxylation sites is 1. The zero-order valence-corrected chi connectivity index (χ0v) is 15.4. The number of rotatable bonds is 8.